The van der Waals surface area contributed by atoms with Crippen molar-refractivity contribution in [1.82, 2.24) is 10.6 Å². The van der Waals surface area contributed by atoms with Gasteiger partial charge in [-0.3, -0.25) is 9.59 Å². The lowest BCUT2D eigenvalue weighted by molar-refractivity contribution is -0.122. The first-order valence-corrected chi connectivity index (χ1v) is 5.91. The lowest BCUT2D eigenvalue weighted by Gasteiger charge is -2.14. The van der Waals surface area contributed by atoms with Crippen LogP contribution < -0.4 is 10.6 Å². The van der Waals surface area contributed by atoms with Crippen molar-refractivity contribution in [2.45, 2.75) is 13.0 Å². The summed E-state index contributed by atoms with van der Waals surface area (Å²) in [5.74, 6) is -0.555. The van der Waals surface area contributed by atoms with Crippen molar-refractivity contribution < 1.29 is 19.4 Å². The molecule has 0 spiro atoms. The molecule has 0 aromatic heterocycles. The largest absolute Gasteiger partial charge is 0.508 e. The van der Waals surface area contributed by atoms with E-state index in [0.29, 0.717) is 18.7 Å². The Bertz CT molecular complexity index is 431. The van der Waals surface area contributed by atoms with Gasteiger partial charge >= 0.3 is 0 Å². The van der Waals surface area contributed by atoms with E-state index in [9.17, 15) is 9.59 Å². The maximum Gasteiger partial charge on any atom is 0.251 e. The van der Waals surface area contributed by atoms with Gasteiger partial charge in [0.05, 0.1) is 6.61 Å². The third-order valence-electron chi connectivity index (χ3n) is 2.48. The van der Waals surface area contributed by atoms with Crippen molar-refractivity contribution in [3.63, 3.8) is 0 Å². The van der Waals surface area contributed by atoms with Crippen LogP contribution in [0.3, 0.4) is 0 Å². The van der Waals surface area contributed by atoms with Crippen LogP contribution in [0.1, 0.15) is 17.3 Å². The number of carbonyl (C=O) groups excluding carboxylic acids is 2. The van der Waals surface area contributed by atoms with Gasteiger partial charge in [-0.1, -0.05) is 0 Å². The molecule has 0 saturated carbocycles. The minimum Gasteiger partial charge on any atom is -0.508 e. The van der Waals surface area contributed by atoms with Crippen molar-refractivity contribution in [3.05, 3.63) is 29.8 Å². The van der Waals surface area contributed by atoms with Crippen LogP contribution in [-0.4, -0.2) is 43.2 Å². The molecule has 0 heterocycles. The molecular weight excluding hydrogens is 248 g/mol. The zero-order valence-corrected chi connectivity index (χ0v) is 11.0. The first kappa shape index (κ1) is 15.0. The van der Waals surface area contributed by atoms with Crippen LogP contribution >= 0.6 is 0 Å². The fourth-order valence-electron chi connectivity index (χ4n) is 1.39. The summed E-state index contributed by atoms with van der Waals surface area (Å²) < 4.78 is 4.81. The number of methoxy groups -OCH3 is 1. The van der Waals surface area contributed by atoms with Crippen molar-refractivity contribution in [2.75, 3.05) is 20.3 Å². The van der Waals surface area contributed by atoms with Gasteiger partial charge < -0.3 is 20.5 Å². The standard InChI is InChI=1S/C13H18N2O4/c1-9(12(17)14-7-8-19-2)15-13(18)10-3-5-11(16)6-4-10/h3-6,9,16H,7-8H2,1-2H3,(H,14,17)(H,15,18). The van der Waals surface area contributed by atoms with E-state index in [2.05, 4.69) is 10.6 Å². The predicted molar refractivity (Wildman–Crippen MR) is 69.9 cm³/mol. The topological polar surface area (TPSA) is 87.7 Å². The molecule has 1 aromatic rings. The first-order valence-electron chi connectivity index (χ1n) is 5.91. The number of rotatable bonds is 6. The van der Waals surface area contributed by atoms with E-state index in [4.69, 9.17) is 9.84 Å². The Morgan fingerprint density at radius 3 is 2.53 bits per heavy atom. The number of hydrogen-bond acceptors (Lipinski definition) is 4. The van der Waals surface area contributed by atoms with Gasteiger partial charge in [-0.05, 0) is 31.2 Å². The van der Waals surface area contributed by atoms with Crippen molar-refractivity contribution >= 4 is 11.8 Å². The molecule has 19 heavy (non-hydrogen) atoms. The molecule has 1 aromatic carbocycles. The predicted octanol–water partition coefficient (Wildman–Crippen LogP) is 0.273. The number of nitrogens with one attached hydrogen (secondary N) is 2. The molecule has 0 fully saturated rings. The minimum absolute atomic E-state index is 0.0851. The molecule has 1 unspecified atom stereocenters. The molecule has 0 aliphatic carbocycles. The van der Waals surface area contributed by atoms with Crippen LogP contribution in [0.25, 0.3) is 0 Å². The van der Waals surface area contributed by atoms with Gasteiger partial charge in [0, 0.05) is 19.2 Å². The van der Waals surface area contributed by atoms with Crippen LogP contribution in [0, 0.1) is 0 Å². The summed E-state index contributed by atoms with van der Waals surface area (Å²) in [6.07, 6.45) is 0. The second kappa shape index (κ2) is 7.38. The molecule has 104 valence electrons. The Labute approximate surface area is 111 Å². The molecule has 3 N–H and O–H groups in total. The van der Waals surface area contributed by atoms with Gasteiger partial charge in [0.25, 0.3) is 5.91 Å². The number of phenols is 1. The molecule has 6 heteroatoms. The Balaban J connectivity index is 2.47. The summed E-state index contributed by atoms with van der Waals surface area (Å²) in [5, 5.41) is 14.3. The number of aromatic hydroxyl groups is 1. The highest BCUT2D eigenvalue weighted by molar-refractivity contribution is 5.97. The monoisotopic (exact) mass is 266 g/mol. The molecule has 0 aliphatic heterocycles. The number of benzene rings is 1. The van der Waals surface area contributed by atoms with E-state index in [1.165, 1.54) is 24.3 Å². The molecule has 1 atom stereocenters. The molecule has 0 radical (unpaired) electrons. The van der Waals surface area contributed by atoms with E-state index in [1.54, 1.807) is 14.0 Å². The van der Waals surface area contributed by atoms with Gasteiger partial charge in [0.2, 0.25) is 5.91 Å². The van der Waals surface area contributed by atoms with Crippen molar-refractivity contribution in [1.29, 1.82) is 0 Å². The summed E-state index contributed by atoms with van der Waals surface area (Å²) >= 11 is 0. The Hall–Kier alpha value is -2.08. The number of ether oxygens (including phenoxy) is 1. The Morgan fingerprint density at radius 2 is 1.95 bits per heavy atom. The highest BCUT2D eigenvalue weighted by Crippen LogP contribution is 2.09. The molecule has 0 saturated heterocycles. The van der Waals surface area contributed by atoms with Gasteiger partial charge in [0.1, 0.15) is 11.8 Å². The summed E-state index contributed by atoms with van der Waals surface area (Å²) in [7, 11) is 1.54. The van der Waals surface area contributed by atoms with Gasteiger partial charge in [-0.25, -0.2) is 0 Å². The normalized spacial score (nSPS) is 11.7. The van der Waals surface area contributed by atoms with E-state index < -0.39 is 6.04 Å². The number of amides is 2. The van der Waals surface area contributed by atoms with Gasteiger partial charge in [-0.2, -0.15) is 0 Å². The van der Waals surface area contributed by atoms with Crippen LogP contribution in [0.5, 0.6) is 5.75 Å². The Morgan fingerprint density at radius 1 is 1.32 bits per heavy atom. The van der Waals surface area contributed by atoms with Crippen LogP contribution in [0.2, 0.25) is 0 Å². The van der Waals surface area contributed by atoms with E-state index >= 15 is 0 Å². The van der Waals surface area contributed by atoms with Crippen molar-refractivity contribution in [3.8, 4) is 5.75 Å². The fourth-order valence-corrected chi connectivity index (χ4v) is 1.39. The van der Waals surface area contributed by atoms with E-state index in [0.717, 1.165) is 0 Å². The van der Waals surface area contributed by atoms with Crippen LogP contribution in [0.4, 0.5) is 0 Å². The summed E-state index contributed by atoms with van der Waals surface area (Å²) in [6, 6.07) is 5.16. The van der Waals surface area contributed by atoms with Gasteiger partial charge in [-0.15, -0.1) is 0 Å². The average molecular weight is 266 g/mol. The number of hydrogen-bond donors (Lipinski definition) is 3. The maximum atomic E-state index is 11.8. The summed E-state index contributed by atoms with van der Waals surface area (Å²) in [4.78, 5) is 23.4. The SMILES string of the molecule is COCCNC(=O)C(C)NC(=O)c1ccc(O)cc1. The zero-order valence-electron chi connectivity index (χ0n) is 11.0. The van der Waals surface area contributed by atoms with E-state index in [1.807, 2.05) is 0 Å². The smallest absolute Gasteiger partial charge is 0.251 e. The first-order chi connectivity index (χ1) is 9.04. The summed E-state index contributed by atoms with van der Waals surface area (Å²) in [5.41, 5.74) is 0.384. The quantitative estimate of drug-likeness (QED) is 0.645. The lowest BCUT2D eigenvalue weighted by atomic mass is 10.2. The van der Waals surface area contributed by atoms with Crippen molar-refractivity contribution in [2.24, 2.45) is 0 Å². The molecule has 1 rings (SSSR count). The second-order valence-corrected chi connectivity index (χ2v) is 4.03. The van der Waals surface area contributed by atoms with Gasteiger partial charge in [0.15, 0.2) is 0 Å². The Kier molecular flexibility index (Phi) is 5.81. The molecule has 2 amide bonds. The third kappa shape index (κ3) is 4.97. The molecular formula is C13H18N2O4. The lowest BCUT2D eigenvalue weighted by Crippen LogP contribution is -2.45. The second-order valence-electron chi connectivity index (χ2n) is 4.03. The minimum atomic E-state index is -0.641. The number of phenolic OH excluding ortho intramolecular Hbond substituents is 1. The zero-order chi connectivity index (χ0) is 14.3. The maximum absolute atomic E-state index is 11.8. The highest BCUT2D eigenvalue weighted by Gasteiger charge is 2.15. The molecule has 0 bridgehead atoms. The van der Waals surface area contributed by atoms with Crippen LogP contribution in [0.15, 0.2) is 24.3 Å². The highest BCUT2D eigenvalue weighted by atomic mass is 16.5. The molecule has 6 nitrogen and oxygen atoms in total. The third-order valence-corrected chi connectivity index (χ3v) is 2.48. The van der Waals surface area contributed by atoms with Crippen LogP contribution in [-0.2, 0) is 9.53 Å². The molecule has 0 aliphatic rings. The summed E-state index contributed by atoms with van der Waals surface area (Å²) in [6.45, 7) is 2.42. The average Bonchev–Trinajstić information content (AvgIpc) is 2.39. The van der Waals surface area contributed by atoms with E-state index in [-0.39, 0.29) is 17.6 Å². The number of carbonyl (C=O) groups is 2. The fraction of sp³-hybridized carbons (Fsp3) is 0.385.